The number of nitrogens with zero attached hydrogens (tertiary/aromatic N) is 1. The summed E-state index contributed by atoms with van der Waals surface area (Å²) in [5.74, 6) is -0.828. The first kappa shape index (κ1) is 14.2. The van der Waals surface area contributed by atoms with E-state index in [0.29, 0.717) is 11.0 Å². The van der Waals surface area contributed by atoms with Crippen LogP contribution in [0, 0.1) is 0 Å². The van der Waals surface area contributed by atoms with Crippen molar-refractivity contribution in [2.24, 2.45) is 5.73 Å². The van der Waals surface area contributed by atoms with Crippen LogP contribution in [0.3, 0.4) is 0 Å². The third-order valence-corrected chi connectivity index (χ3v) is 1.22. The van der Waals surface area contributed by atoms with E-state index in [-0.39, 0.29) is 24.9 Å². The summed E-state index contributed by atoms with van der Waals surface area (Å²) in [6.07, 6.45) is 0.0511. The van der Waals surface area contributed by atoms with Crippen LogP contribution < -0.4 is 18.1 Å². The fourth-order valence-corrected chi connectivity index (χ4v) is 0.992. The van der Waals surface area contributed by atoms with Gasteiger partial charge in [-0.25, -0.2) is 0 Å². The maximum atomic E-state index is 10.2. The molecule has 1 unspecified atom stereocenters. The lowest BCUT2D eigenvalue weighted by Gasteiger charge is -2.26. The van der Waals surface area contributed by atoms with Crippen molar-refractivity contribution in [1.29, 1.82) is 0 Å². The molecule has 74 valence electrons. The molecule has 0 aliphatic carbocycles. The Balaban J connectivity index is 0. The summed E-state index contributed by atoms with van der Waals surface area (Å²) >= 11 is 0. The zero-order valence-electron chi connectivity index (χ0n) is 7.75. The molecule has 0 aliphatic heterocycles. The van der Waals surface area contributed by atoms with Crippen molar-refractivity contribution in [2.45, 2.75) is 12.5 Å². The Morgan fingerprint density at radius 3 is 2.17 bits per heavy atom. The highest BCUT2D eigenvalue weighted by atomic mass is 35.5. The van der Waals surface area contributed by atoms with Crippen molar-refractivity contribution in [1.82, 2.24) is 0 Å². The molecule has 0 saturated heterocycles. The molecule has 3 N–H and O–H groups in total. The maximum Gasteiger partial charge on any atom is 0.305 e. The number of likely N-dealkylation sites (N-methyl/N-ethyl adjacent to an activating group) is 1. The number of hydrogen-bond donors (Lipinski definition) is 2. The van der Waals surface area contributed by atoms with Crippen molar-refractivity contribution >= 4 is 5.97 Å². The van der Waals surface area contributed by atoms with Gasteiger partial charge in [-0.15, -0.1) is 0 Å². The Labute approximate surface area is 79.3 Å². The molecule has 0 fully saturated rings. The third-order valence-electron chi connectivity index (χ3n) is 1.22. The number of quaternary nitrogens is 1. The second-order valence-electron chi connectivity index (χ2n) is 3.83. The number of carboxylic acid groups (broad SMARTS) is 1. The first-order chi connectivity index (χ1) is 4.81. The van der Waals surface area contributed by atoms with Gasteiger partial charge in [0.2, 0.25) is 0 Å². The van der Waals surface area contributed by atoms with Crippen molar-refractivity contribution in [3.63, 3.8) is 0 Å². The summed E-state index contributed by atoms with van der Waals surface area (Å²) < 4.78 is 0.703. The zero-order chi connectivity index (χ0) is 9.07. The molecule has 0 aliphatic rings. The van der Waals surface area contributed by atoms with E-state index < -0.39 is 5.97 Å². The predicted octanol–water partition coefficient (Wildman–Crippen LogP) is -3.50. The lowest BCUT2D eigenvalue weighted by molar-refractivity contribution is -0.871. The van der Waals surface area contributed by atoms with Crippen LogP contribution >= 0.6 is 0 Å². The smallest absolute Gasteiger partial charge is 0.305 e. The van der Waals surface area contributed by atoms with Gasteiger partial charge in [0.15, 0.2) is 0 Å². The Bertz CT molecular complexity index is 145. The number of carboxylic acids is 1. The molecular formula is C7H17ClN2O2. The zero-order valence-corrected chi connectivity index (χ0v) is 8.51. The molecule has 0 radical (unpaired) electrons. The number of hydrogen-bond acceptors (Lipinski definition) is 2. The summed E-state index contributed by atoms with van der Waals surface area (Å²) in [7, 11) is 5.96. The molecule has 0 spiro atoms. The Morgan fingerprint density at radius 2 is 1.92 bits per heavy atom. The van der Waals surface area contributed by atoms with Gasteiger partial charge in [-0.1, -0.05) is 0 Å². The fourth-order valence-electron chi connectivity index (χ4n) is 0.992. The van der Waals surface area contributed by atoms with Crippen LogP contribution in [0.5, 0.6) is 0 Å². The number of halogens is 1. The molecule has 0 saturated carbocycles. The lowest BCUT2D eigenvalue weighted by atomic mass is 10.2. The average molecular weight is 197 g/mol. The molecule has 0 aromatic heterocycles. The van der Waals surface area contributed by atoms with E-state index in [0.717, 1.165) is 0 Å². The quantitative estimate of drug-likeness (QED) is 0.459. The van der Waals surface area contributed by atoms with Crippen LogP contribution in [0.25, 0.3) is 0 Å². The SMILES string of the molecule is C[N+](C)(C)CC(N)CC(=O)O.[Cl-]. The van der Waals surface area contributed by atoms with E-state index >= 15 is 0 Å². The van der Waals surface area contributed by atoms with E-state index in [9.17, 15) is 4.79 Å². The first-order valence-electron chi connectivity index (χ1n) is 3.59. The molecule has 0 bridgehead atoms. The largest absolute Gasteiger partial charge is 1.00 e. The van der Waals surface area contributed by atoms with E-state index in [4.69, 9.17) is 10.8 Å². The van der Waals surface area contributed by atoms with Crippen LogP contribution in [0.2, 0.25) is 0 Å². The van der Waals surface area contributed by atoms with Crippen LogP contribution in [0.15, 0.2) is 0 Å². The average Bonchev–Trinajstić information content (AvgIpc) is 1.53. The lowest BCUT2D eigenvalue weighted by Crippen LogP contribution is -3.00. The monoisotopic (exact) mass is 196 g/mol. The minimum atomic E-state index is -0.828. The van der Waals surface area contributed by atoms with Gasteiger partial charge in [0.05, 0.1) is 40.2 Å². The van der Waals surface area contributed by atoms with E-state index in [1.807, 2.05) is 21.1 Å². The molecular weight excluding hydrogens is 180 g/mol. The van der Waals surface area contributed by atoms with Crippen LogP contribution in [0.1, 0.15) is 6.42 Å². The molecule has 5 heteroatoms. The van der Waals surface area contributed by atoms with Gasteiger partial charge in [0.25, 0.3) is 0 Å². The van der Waals surface area contributed by atoms with Gasteiger partial charge in [-0.3, -0.25) is 4.79 Å². The number of nitrogens with two attached hydrogens (primary N) is 1. The van der Waals surface area contributed by atoms with Gasteiger partial charge < -0.3 is 27.7 Å². The van der Waals surface area contributed by atoms with Crippen molar-refractivity contribution < 1.29 is 26.8 Å². The van der Waals surface area contributed by atoms with Gasteiger partial charge in [-0.05, 0) is 0 Å². The van der Waals surface area contributed by atoms with E-state index in [1.54, 1.807) is 0 Å². The predicted molar refractivity (Wildman–Crippen MR) is 43.1 cm³/mol. The van der Waals surface area contributed by atoms with Gasteiger partial charge in [0.1, 0.15) is 0 Å². The summed E-state index contributed by atoms with van der Waals surface area (Å²) in [4.78, 5) is 10.2. The summed E-state index contributed by atoms with van der Waals surface area (Å²) in [6.45, 7) is 0.687. The molecule has 1 atom stereocenters. The number of rotatable bonds is 4. The third kappa shape index (κ3) is 9.68. The standard InChI is InChI=1S/C7H16N2O2.ClH/c1-9(2,3)5-6(8)4-7(10)11;/h6H,4-5,8H2,1-3H3;1H. The topological polar surface area (TPSA) is 63.3 Å². The van der Waals surface area contributed by atoms with Gasteiger partial charge in [0, 0.05) is 0 Å². The molecule has 0 aromatic carbocycles. The van der Waals surface area contributed by atoms with Gasteiger partial charge >= 0.3 is 5.97 Å². The Kier molecular flexibility index (Phi) is 6.34. The molecule has 4 nitrogen and oxygen atoms in total. The van der Waals surface area contributed by atoms with E-state index in [2.05, 4.69) is 0 Å². The van der Waals surface area contributed by atoms with Crippen LogP contribution in [-0.2, 0) is 4.79 Å². The second kappa shape index (κ2) is 5.35. The maximum absolute atomic E-state index is 10.2. The highest BCUT2D eigenvalue weighted by Crippen LogP contribution is 1.96. The summed E-state index contributed by atoms with van der Waals surface area (Å²) in [6, 6.07) is -0.243. The van der Waals surface area contributed by atoms with E-state index in [1.165, 1.54) is 0 Å². The van der Waals surface area contributed by atoms with Crippen molar-refractivity contribution in [2.75, 3.05) is 27.7 Å². The molecule has 0 heterocycles. The number of aliphatic carboxylic acids is 1. The molecule has 0 amide bonds. The van der Waals surface area contributed by atoms with Crippen molar-refractivity contribution in [3.8, 4) is 0 Å². The second-order valence-corrected chi connectivity index (χ2v) is 3.83. The Morgan fingerprint density at radius 1 is 1.50 bits per heavy atom. The van der Waals surface area contributed by atoms with Crippen molar-refractivity contribution in [3.05, 3.63) is 0 Å². The molecule has 0 aromatic rings. The molecule has 12 heavy (non-hydrogen) atoms. The Hall–Kier alpha value is -0.320. The molecule has 0 rings (SSSR count). The first-order valence-corrected chi connectivity index (χ1v) is 3.59. The van der Waals surface area contributed by atoms with Gasteiger partial charge in [-0.2, -0.15) is 0 Å². The number of carbonyl (C=O) groups is 1. The minimum Gasteiger partial charge on any atom is -1.00 e. The summed E-state index contributed by atoms with van der Waals surface area (Å²) in [5.41, 5.74) is 5.56. The fraction of sp³-hybridized carbons (Fsp3) is 0.857. The highest BCUT2D eigenvalue weighted by molar-refractivity contribution is 5.67. The highest BCUT2D eigenvalue weighted by Gasteiger charge is 2.16. The van der Waals surface area contributed by atoms with Crippen LogP contribution in [0.4, 0.5) is 0 Å². The summed E-state index contributed by atoms with van der Waals surface area (Å²) in [5, 5.41) is 8.39. The normalized spacial score (nSPS) is 13.3. The van der Waals surface area contributed by atoms with Crippen LogP contribution in [-0.4, -0.2) is 49.3 Å². The minimum absolute atomic E-state index is 0.